The maximum atomic E-state index is 13.8. The van der Waals surface area contributed by atoms with Crippen LogP contribution >= 0.6 is 7.82 Å². The number of rotatable bonds is 7. The Morgan fingerprint density at radius 2 is 1.86 bits per heavy atom. The van der Waals surface area contributed by atoms with Gasteiger partial charge < -0.3 is 24.6 Å². The van der Waals surface area contributed by atoms with Crippen molar-refractivity contribution in [3.05, 3.63) is 71.8 Å². The van der Waals surface area contributed by atoms with Gasteiger partial charge in [0, 0.05) is 24.5 Å². The van der Waals surface area contributed by atoms with E-state index in [0.29, 0.717) is 18.0 Å². The maximum Gasteiger partial charge on any atom is 0.469 e. The number of ether oxygens (including phenoxy) is 2. The zero-order valence-electron chi connectivity index (χ0n) is 20.2. The number of amides is 1. The lowest BCUT2D eigenvalue weighted by Gasteiger charge is -2.28. The van der Waals surface area contributed by atoms with Crippen molar-refractivity contribution < 1.29 is 33.1 Å². The minimum atomic E-state index is -4.68. The van der Waals surface area contributed by atoms with Crippen LogP contribution in [0, 0.1) is 11.8 Å². The number of nitrogens with one attached hydrogen (secondary N) is 1. The van der Waals surface area contributed by atoms with E-state index < -0.39 is 13.7 Å². The predicted molar refractivity (Wildman–Crippen MR) is 136 cm³/mol. The Kier molecular flexibility index (Phi) is 6.42. The number of hydrogen-bond acceptors (Lipinski definition) is 6. The van der Waals surface area contributed by atoms with Gasteiger partial charge in [0.25, 0.3) is 0 Å². The molecule has 0 saturated carbocycles. The summed E-state index contributed by atoms with van der Waals surface area (Å²) in [6.07, 6.45) is 1.82. The van der Waals surface area contributed by atoms with Gasteiger partial charge in [-0.25, -0.2) is 4.57 Å². The molecule has 6 rings (SSSR count). The minimum Gasteiger partial charge on any atom is -0.454 e. The second-order valence-electron chi connectivity index (χ2n) is 9.88. The Balaban J connectivity index is 1.31. The summed E-state index contributed by atoms with van der Waals surface area (Å²) in [5, 5.41) is 5.28. The lowest BCUT2D eigenvalue weighted by molar-refractivity contribution is -0.127. The smallest absolute Gasteiger partial charge is 0.454 e. The quantitative estimate of drug-likeness (QED) is 0.400. The molecule has 1 amide bonds. The highest BCUT2D eigenvalue weighted by Gasteiger charge is 2.54. The van der Waals surface area contributed by atoms with Gasteiger partial charge in [-0.2, -0.15) is 0 Å². The van der Waals surface area contributed by atoms with E-state index in [1.807, 2.05) is 30.3 Å². The fourth-order valence-corrected chi connectivity index (χ4v) is 6.55. The van der Waals surface area contributed by atoms with E-state index in [4.69, 9.17) is 14.0 Å². The van der Waals surface area contributed by atoms with Gasteiger partial charge in [-0.15, -0.1) is 0 Å². The number of nitrogens with zero attached hydrogens (tertiary/aromatic N) is 1. The average molecular weight is 525 g/mol. The van der Waals surface area contributed by atoms with E-state index in [2.05, 4.69) is 40.5 Å². The highest BCUT2D eigenvalue weighted by Crippen LogP contribution is 2.51. The van der Waals surface area contributed by atoms with E-state index in [0.717, 1.165) is 41.3 Å². The van der Waals surface area contributed by atoms with E-state index in [1.165, 1.54) is 0 Å². The Bertz CT molecular complexity index is 1380. The lowest BCUT2D eigenvalue weighted by atomic mass is 9.82. The molecule has 3 aliphatic heterocycles. The normalized spacial score (nSPS) is 24.9. The summed E-state index contributed by atoms with van der Waals surface area (Å²) in [5.74, 6) is 0.271. The highest BCUT2D eigenvalue weighted by molar-refractivity contribution is 7.46. The molecule has 10 heteroatoms. The number of phosphoric acid groups is 1. The summed E-state index contributed by atoms with van der Waals surface area (Å²) in [7, 11) is -4.68. The zero-order valence-corrected chi connectivity index (χ0v) is 21.1. The fourth-order valence-electron chi connectivity index (χ4n) is 6.18. The molecule has 2 saturated heterocycles. The molecular formula is C27H29N2O7P. The third kappa shape index (κ3) is 4.85. The molecule has 37 heavy (non-hydrogen) atoms. The van der Waals surface area contributed by atoms with Crippen molar-refractivity contribution in [1.29, 1.82) is 0 Å². The second-order valence-corrected chi connectivity index (χ2v) is 11.1. The van der Waals surface area contributed by atoms with Crippen molar-refractivity contribution in [2.45, 2.75) is 31.5 Å². The van der Waals surface area contributed by atoms with Gasteiger partial charge in [0.15, 0.2) is 11.5 Å². The van der Waals surface area contributed by atoms with E-state index in [9.17, 15) is 19.1 Å². The summed E-state index contributed by atoms with van der Waals surface area (Å²) in [5.41, 5.74) is 1.90. The monoisotopic (exact) mass is 524 g/mol. The summed E-state index contributed by atoms with van der Waals surface area (Å²) >= 11 is 0. The van der Waals surface area contributed by atoms with Gasteiger partial charge in [0.1, 0.15) is 0 Å². The van der Waals surface area contributed by atoms with Gasteiger partial charge in [-0.3, -0.25) is 14.2 Å². The zero-order chi connectivity index (χ0) is 25.6. The van der Waals surface area contributed by atoms with Gasteiger partial charge in [-0.1, -0.05) is 42.5 Å². The van der Waals surface area contributed by atoms with Crippen molar-refractivity contribution in [3.63, 3.8) is 0 Å². The van der Waals surface area contributed by atoms with Crippen LogP contribution in [0.15, 0.2) is 60.7 Å². The first-order valence-electron chi connectivity index (χ1n) is 12.5. The third-order valence-electron chi connectivity index (χ3n) is 7.75. The molecule has 3 heterocycles. The third-order valence-corrected chi connectivity index (χ3v) is 8.24. The van der Waals surface area contributed by atoms with Crippen molar-refractivity contribution in [2.24, 2.45) is 11.8 Å². The molecule has 3 N–H and O–H groups in total. The Morgan fingerprint density at radius 1 is 1.05 bits per heavy atom. The van der Waals surface area contributed by atoms with Crippen molar-refractivity contribution >= 4 is 24.5 Å². The largest absolute Gasteiger partial charge is 0.469 e. The van der Waals surface area contributed by atoms with Gasteiger partial charge >= 0.3 is 7.82 Å². The van der Waals surface area contributed by atoms with Crippen molar-refractivity contribution in [3.8, 4) is 11.5 Å². The number of hydrogen-bond donors (Lipinski definition) is 3. The van der Waals surface area contributed by atoms with Crippen molar-refractivity contribution in [2.75, 3.05) is 19.9 Å². The molecule has 0 aliphatic carbocycles. The molecular weight excluding hydrogens is 495 g/mol. The van der Waals surface area contributed by atoms with E-state index in [1.54, 1.807) is 0 Å². The van der Waals surface area contributed by atoms with Crippen LogP contribution in [-0.2, 0) is 20.4 Å². The summed E-state index contributed by atoms with van der Waals surface area (Å²) < 4.78 is 27.4. The number of carbonyl (C=O) groups is 1. The lowest BCUT2D eigenvalue weighted by Crippen LogP contribution is -2.38. The topological polar surface area (TPSA) is 118 Å². The van der Waals surface area contributed by atoms with Crippen LogP contribution < -0.4 is 14.8 Å². The first kappa shape index (κ1) is 24.4. The molecule has 3 aromatic rings. The van der Waals surface area contributed by atoms with Crippen LogP contribution in [-0.4, -0.2) is 46.6 Å². The fraction of sp³-hybridized carbons (Fsp3) is 0.370. The molecule has 194 valence electrons. The van der Waals surface area contributed by atoms with Crippen LogP contribution in [0.4, 0.5) is 0 Å². The second kappa shape index (κ2) is 9.74. The highest BCUT2D eigenvalue weighted by atomic mass is 31.2. The molecule has 2 fully saturated rings. The molecule has 3 aromatic carbocycles. The van der Waals surface area contributed by atoms with Gasteiger partial charge in [0.05, 0.1) is 12.5 Å². The average Bonchev–Trinajstić information content (AvgIpc) is 3.61. The molecule has 3 aliphatic rings. The van der Waals surface area contributed by atoms with Crippen LogP contribution in [0.25, 0.3) is 10.8 Å². The van der Waals surface area contributed by atoms with E-state index >= 15 is 0 Å². The first-order chi connectivity index (χ1) is 17.9. The first-order valence-corrected chi connectivity index (χ1v) is 14.0. The van der Waals surface area contributed by atoms with Crippen molar-refractivity contribution in [1.82, 2.24) is 10.2 Å². The predicted octanol–water partition coefficient (Wildman–Crippen LogP) is 3.75. The number of phosphoric ester groups is 1. The molecule has 0 radical (unpaired) electrons. The van der Waals surface area contributed by atoms with Gasteiger partial charge in [-0.05, 0) is 59.5 Å². The molecule has 0 spiro atoms. The van der Waals surface area contributed by atoms with Crippen LogP contribution in [0.1, 0.15) is 30.0 Å². The molecule has 0 bridgehead atoms. The minimum absolute atomic E-state index is 0.00399. The number of carbonyl (C=O) groups excluding carboxylic acids is 1. The molecule has 4 atom stereocenters. The summed E-state index contributed by atoms with van der Waals surface area (Å²) in [6.45, 7) is 1.12. The molecule has 4 unspecified atom stereocenters. The maximum absolute atomic E-state index is 13.8. The number of benzene rings is 3. The van der Waals surface area contributed by atoms with Crippen LogP contribution in [0.5, 0.6) is 11.5 Å². The standard InChI is InChI=1S/C27H29N2O7P/c30-27(28-14-17-7-10-23-24(12-17)35-16-34-23)25-21(15-36-37(31,32)33)22-6-3-11-29(22)26(25)20-9-8-18-4-1-2-5-19(18)13-20/h1-2,4-5,7-10,12-13,21-22,25-26H,3,6,11,14-16H2,(H,28,30)(H2,31,32,33). The molecule has 9 nitrogen and oxygen atoms in total. The van der Waals surface area contributed by atoms with Crippen LogP contribution in [0.2, 0.25) is 0 Å². The van der Waals surface area contributed by atoms with Crippen LogP contribution in [0.3, 0.4) is 0 Å². The Labute approximate surface area is 214 Å². The van der Waals surface area contributed by atoms with E-state index in [-0.39, 0.29) is 37.3 Å². The number of fused-ring (bicyclic) bond motifs is 3. The SMILES string of the molecule is O=C(NCc1ccc2c(c1)OCO2)C1C(COP(=O)(O)O)C2CCCN2C1c1ccc2ccccc2c1. The Hall–Kier alpha value is -2.94. The summed E-state index contributed by atoms with van der Waals surface area (Å²) in [4.78, 5) is 35.0. The van der Waals surface area contributed by atoms with Gasteiger partial charge in [0.2, 0.25) is 12.7 Å². The molecule has 0 aromatic heterocycles. The summed E-state index contributed by atoms with van der Waals surface area (Å²) in [6, 6.07) is 19.7. The Morgan fingerprint density at radius 3 is 2.70 bits per heavy atom.